The highest BCUT2D eigenvalue weighted by molar-refractivity contribution is 7.11. The number of aryl methyl sites for hydroxylation is 1. The van der Waals surface area contributed by atoms with E-state index in [0.717, 1.165) is 32.0 Å². The molecule has 0 atom stereocenters. The fraction of sp³-hybridized carbons (Fsp3) is 0.450. The molecule has 0 spiro atoms. The van der Waals surface area contributed by atoms with Gasteiger partial charge in [-0.3, -0.25) is 0 Å². The van der Waals surface area contributed by atoms with Gasteiger partial charge in [0, 0.05) is 22.8 Å². The van der Waals surface area contributed by atoms with E-state index in [1.54, 1.807) is 0 Å². The summed E-state index contributed by atoms with van der Waals surface area (Å²) in [6, 6.07) is 13.1. The second-order valence-corrected chi connectivity index (χ2v) is 7.58. The molecule has 0 aliphatic heterocycles. The number of guanidine groups is 1. The maximum Gasteiger partial charge on any atom is 0.191 e. The normalized spacial score (nSPS) is 11.8. The highest BCUT2D eigenvalue weighted by Gasteiger charge is 2.02. The van der Waals surface area contributed by atoms with Crippen molar-refractivity contribution in [3.05, 3.63) is 57.3 Å². The maximum absolute atomic E-state index is 4.70. The fourth-order valence-corrected chi connectivity index (χ4v) is 3.40. The summed E-state index contributed by atoms with van der Waals surface area (Å²) in [7, 11) is 4.17. The summed E-state index contributed by atoms with van der Waals surface area (Å²) in [5.41, 5.74) is 2.55. The highest BCUT2D eigenvalue weighted by Crippen LogP contribution is 2.16. The lowest BCUT2D eigenvalue weighted by atomic mass is 10.1. The number of aliphatic imine (C=N–C) groups is 1. The van der Waals surface area contributed by atoms with Gasteiger partial charge in [0.15, 0.2) is 5.96 Å². The van der Waals surface area contributed by atoms with Gasteiger partial charge in [0.2, 0.25) is 0 Å². The molecule has 0 saturated carbocycles. The number of thiophene rings is 1. The van der Waals surface area contributed by atoms with Gasteiger partial charge in [0.05, 0.1) is 13.1 Å². The molecule has 1 aromatic heterocycles. The van der Waals surface area contributed by atoms with Crippen LogP contribution in [0.4, 0.5) is 0 Å². The van der Waals surface area contributed by atoms with Crippen molar-refractivity contribution in [2.75, 3.05) is 20.6 Å². The second kappa shape index (κ2) is 10.2. The van der Waals surface area contributed by atoms with Crippen LogP contribution in [-0.4, -0.2) is 31.5 Å². The van der Waals surface area contributed by atoms with Gasteiger partial charge in [-0.2, -0.15) is 0 Å². The summed E-state index contributed by atoms with van der Waals surface area (Å²) in [4.78, 5) is 9.65. The van der Waals surface area contributed by atoms with Crippen LogP contribution >= 0.6 is 11.3 Å². The van der Waals surface area contributed by atoms with Gasteiger partial charge in [-0.05, 0) is 50.7 Å². The molecule has 2 aromatic rings. The van der Waals surface area contributed by atoms with Crippen molar-refractivity contribution in [3.63, 3.8) is 0 Å². The zero-order chi connectivity index (χ0) is 18.1. The Bertz CT molecular complexity index is 659. The van der Waals surface area contributed by atoms with E-state index in [2.05, 4.69) is 79.9 Å². The average Bonchev–Trinajstić information content (AvgIpc) is 3.06. The van der Waals surface area contributed by atoms with E-state index in [9.17, 15) is 0 Å². The Kier molecular flexibility index (Phi) is 7.95. The third-order valence-electron chi connectivity index (χ3n) is 3.78. The molecule has 0 amide bonds. The first-order valence-corrected chi connectivity index (χ1v) is 9.74. The van der Waals surface area contributed by atoms with E-state index in [-0.39, 0.29) is 0 Å². The third-order valence-corrected chi connectivity index (χ3v) is 5.01. The van der Waals surface area contributed by atoms with Crippen molar-refractivity contribution < 1.29 is 0 Å². The molecule has 0 aliphatic rings. The van der Waals surface area contributed by atoms with E-state index < -0.39 is 0 Å². The Morgan fingerprint density at radius 2 is 1.64 bits per heavy atom. The predicted octanol–water partition coefficient (Wildman–Crippen LogP) is 3.63. The number of nitrogens with one attached hydrogen (secondary N) is 2. The molecule has 1 heterocycles. The second-order valence-electron chi connectivity index (χ2n) is 6.32. The lowest BCUT2D eigenvalue weighted by Gasteiger charge is -2.11. The Balaban J connectivity index is 1.91. The van der Waals surface area contributed by atoms with E-state index >= 15 is 0 Å². The molecule has 2 N–H and O–H groups in total. The van der Waals surface area contributed by atoms with Gasteiger partial charge in [0.25, 0.3) is 0 Å². The lowest BCUT2D eigenvalue weighted by Crippen LogP contribution is -2.36. The predicted molar refractivity (Wildman–Crippen MR) is 109 cm³/mol. The molecular weight excluding hydrogens is 328 g/mol. The van der Waals surface area contributed by atoms with Crippen molar-refractivity contribution >= 4 is 17.3 Å². The van der Waals surface area contributed by atoms with Crippen LogP contribution in [0.5, 0.6) is 0 Å². The van der Waals surface area contributed by atoms with Gasteiger partial charge < -0.3 is 15.5 Å². The van der Waals surface area contributed by atoms with Crippen LogP contribution in [0.3, 0.4) is 0 Å². The summed E-state index contributed by atoms with van der Waals surface area (Å²) in [6.07, 6.45) is 1.10. The van der Waals surface area contributed by atoms with E-state index in [1.165, 1.54) is 20.9 Å². The molecule has 0 unspecified atom stereocenters. The van der Waals surface area contributed by atoms with Crippen molar-refractivity contribution in [2.45, 2.75) is 39.9 Å². The monoisotopic (exact) mass is 358 g/mol. The zero-order valence-corrected chi connectivity index (χ0v) is 16.6. The van der Waals surface area contributed by atoms with Crippen molar-refractivity contribution in [1.82, 2.24) is 15.5 Å². The minimum absolute atomic E-state index is 0.683. The topological polar surface area (TPSA) is 39.7 Å². The highest BCUT2D eigenvalue weighted by atomic mass is 32.1. The SMILES string of the molecule is CCNC(=NCc1ccc(CN(C)C)cc1)NCc1ccc(CC)s1. The van der Waals surface area contributed by atoms with Gasteiger partial charge >= 0.3 is 0 Å². The molecule has 4 nitrogen and oxygen atoms in total. The quantitative estimate of drug-likeness (QED) is 0.559. The van der Waals surface area contributed by atoms with Gasteiger partial charge in [0.1, 0.15) is 0 Å². The number of nitrogens with zero attached hydrogens (tertiary/aromatic N) is 2. The summed E-state index contributed by atoms with van der Waals surface area (Å²) in [6.45, 7) is 7.61. The van der Waals surface area contributed by atoms with Crippen LogP contribution in [0.25, 0.3) is 0 Å². The minimum Gasteiger partial charge on any atom is -0.357 e. The fourth-order valence-electron chi connectivity index (χ4n) is 2.51. The molecule has 0 bridgehead atoms. The molecule has 0 aliphatic carbocycles. The first-order valence-electron chi connectivity index (χ1n) is 8.93. The van der Waals surface area contributed by atoms with Crippen molar-refractivity contribution in [1.29, 1.82) is 0 Å². The molecule has 2 rings (SSSR count). The minimum atomic E-state index is 0.683. The molecule has 5 heteroatoms. The Morgan fingerprint density at radius 3 is 2.24 bits per heavy atom. The van der Waals surface area contributed by atoms with Crippen LogP contribution in [0.1, 0.15) is 34.7 Å². The summed E-state index contributed by atoms with van der Waals surface area (Å²) in [5, 5.41) is 6.74. The lowest BCUT2D eigenvalue weighted by molar-refractivity contribution is 0.402. The largest absolute Gasteiger partial charge is 0.357 e. The molecule has 0 radical (unpaired) electrons. The summed E-state index contributed by atoms with van der Waals surface area (Å²) >= 11 is 1.86. The number of rotatable bonds is 8. The van der Waals surface area contributed by atoms with Gasteiger partial charge in [-0.1, -0.05) is 31.2 Å². The first-order chi connectivity index (χ1) is 12.1. The van der Waals surface area contributed by atoms with E-state index in [4.69, 9.17) is 4.99 Å². The number of hydrogen-bond donors (Lipinski definition) is 2. The van der Waals surface area contributed by atoms with Crippen molar-refractivity contribution in [2.24, 2.45) is 4.99 Å². The maximum atomic E-state index is 4.70. The van der Waals surface area contributed by atoms with Gasteiger partial charge in [-0.25, -0.2) is 4.99 Å². The number of hydrogen-bond acceptors (Lipinski definition) is 3. The van der Waals surface area contributed by atoms with Crippen LogP contribution in [0.15, 0.2) is 41.4 Å². The van der Waals surface area contributed by atoms with Crippen LogP contribution in [0, 0.1) is 0 Å². The third kappa shape index (κ3) is 6.88. The van der Waals surface area contributed by atoms with Crippen LogP contribution in [-0.2, 0) is 26.1 Å². The molecule has 1 aromatic carbocycles. The Morgan fingerprint density at radius 1 is 0.960 bits per heavy atom. The van der Waals surface area contributed by atoms with Crippen LogP contribution < -0.4 is 10.6 Å². The smallest absolute Gasteiger partial charge is 0.191 e. The average molecular weight is 359 g/mol. The van der Waals surface area contributed by atoms with Gasteiger partial charge in [-0.15, -0.1) is 11.3 Å². The van der Waals surface area contributed by atoms with Crippen molar-refractivity contribution in [3.8, 4) is 0 Å². The molecule has 0 saturated heterocycles. The molecule has 25 heavy (non-hydrogen) atoms. The standard InChI is InChI=1S/C20H30N4S/c1-5-18-11-12-19(25-18)14-23-20(21-6-2)22-13-16-7-9-17(10-8-16)15-24(3)4/h7-12H,5-6,13-15H2,1-4H3,(H2,21,22,23). The zero-order valence-electron chi connectivity index (χ0n) is 15.8. The van der Waals surface area contributed by atoms with Crippen LogP contribution in [0.2, 0.25) is 0 Å². The van der Waals surface area contributed by atoms with E-state index in [0.29, 0.717) is 6.54 Å². The summed E-state index contributed by atoms with van der Waals surface area (Å²) < 4.78 is 0. The molecule has 0 fully saturated rings. The Labute approximate surface area is 156 Å². The summed E-state index contributed by atoms with van der Waals surface area (Å²) in [5.74, 6) is 0.867. The number of benzene rings is 1. The van der Waals surface area contributed by atoms with E-state index in [1.807, 2.05) is 11.3 Å². The Hall–Kier alpha value is -1.85. The first kappa shape index (κ1) is 19.5. The molecular formula is C20H30N4S. The molecule has 136 valence electrons.